The van der Waals surface area contributed by atoms with Gasteiger partial charge in [-0.05, 0) is 85.9 Å². The lowest BCUT2D eigenvalue weighted by Crippen LogP contribution is -2.71. The fraction of sp³-hybridized carbons (Fsp3) is 0.897. The second-order valence-electron chi connectivity index (χ2n) is 13.2. The van der Waals surface area contributed by atoms with E-state index in [-0.39, 0.29) is 35.7 Å². The summed E-state index contributed by atoms with van der Waals surface area (Å²) in [5, 5.41) is 34.9. The highest BCUT2D eigenvalue weighted by Gasteiger charge is 2.69. The maximum Gasteiger partial charge on any atom is 0.302 e. The predicted octanol–water partition coefficient (Wildman–Crippen LogP) is 4.87. The van der Waals surface area contributed by atoms with Gasteiger partial charge in [-0.3, -0.25) is 4.79 Å². The summed E-state index contributed by atoms with van der Waals surface area (Å²) in [6.45, 7) is 12.7. The lowest BCUT2D eigenvalue weighted by atomic mass is 9.41. The molecule has 5 nitrogen and oxygen atoms in total. The maximum atomic E-state index is 11.9. The number of esters is 1. The second-order valence-corrected chi connectivity index (χ2v) is 13.2. The summed E-state index contributed by atoms with van der Waals surface area (Å²) in [4.78, 5) is 11.6. The number of fused-ring (bicyclic) bond motifs is 5. The van der Waals surface area contributed by atoms with Gasteiger partial charge in [0, 0.05) is 18.8 Å². The normalized spacial score (nSPS) is 49.4. The molecule has 11 atom stereocenters. The largest absolute Gasteiger partial charge is 0.462 e. The van der Waals surface area contributed by atoms with Crippen LogP contribution in [0.25, 0.3) is 0 Å². The first kappa shape index (κ1) is 26.2. The van der Waals surface area contributed by atoms with Crippen LogP contribution in [0.15, 0.2) is 12.2 Å². The first-order valence-electron chi connectivity index (χ1n) is 13.8. The zero-order chi connectivity index (χ0) is 25.1. The quantitative estimate of drug-likeness (QED) is 0.389. The van der Waals surface area contributed by atoms with E-state index in [2.05, 4.69) is 46.8 Å². The highest BCUT2D eigenvalue weighted by Crippen LogP contribution is 2.69. The molecule has 0 radical (unpaired) electrons. The Labute approximate surface area is 206 Å². The van der Waals surface area contributed by atoms with E-state index in [9.17, 15) is 20.1 Å². The zero-order valence-corrected chi connectivity index (χ0v) is 22.2. The molecule has 0 aliphatic heterocycles. The second kappa shape index (κ2) is 9.19. The van der Waals surface area contributed by atoms with E-state index in [0.29, 0.717) is 42.9 Å². The van der Waals surface area contributed by atoms with Crippen molar-refractivity contribution in [2.45, 2.75) is 117 Å². The molecule has 0 unspecified atom stereocenters. The lowest BCUT2D eigenvalue weighted by molar-refractivity contribution is -0.283. The van der Waals surface area contributed by atoms with Crippen molar-refractivity contribution in [1.29, 1.82) is 0 Å². The molecule has 4 aliphatic carbocycles. The summed E-state index contributed by atoms with van der Waals surface area (Å²) < 4.78 is 5.46. The van der Waals surface area contributed by atoms with Crippen LogP contribution >= 0.6 is 0 Å². The van der Waals surface area contributed by atoms with Crippen molar-refractivity contribution < 1.29 is 24.9 Å². The Morgan fingerprint density at radius 1 is 1.12 bits per heavy atom. The number of aliphatic hydroxyl groups is 3. The van der Waals surface area contributed by atoms with E-state index >= 15 is 0 Å². The van der Waals surface area contributed by atoms with Crippen molar-refractivity contribution in [3.8, 4) is 0 Å². The van der Waals surface area contributed by atoms with Gasteiger partial charge in [0.25, 0.3) is 0 Å². The van der Waals surface area contributed by atoms with Gasteiger partial charge in [-0.1, -0.05) is 46.8 Å². The van der Waals surface area contributed by atoms with Crippen molar-refractivity contribution in [3.05, 3.63) is 12.2 Å². The van der Waals surface area contributed by atoms with Crippen LogP contribution in [0.3, 0.4) is 0 Å². The minimum Gasteiger partial charge on any atom is -0.462 e. The van der Waals surface area contributed by atoms with Crippen molar-refractivity contribution in [2.75, 3.05) is 0 Å². The van der Waals surface area contributed by atoms with Crippen LogP contribution in [0.1, 0.15) is 92.9 Å². The summed E-state index contributed by atoms with van der Waals surface area (Å²) in [6.07, 6.45) is 9.25. The highest BCUT2D eigenvalue weighted by atomic mass is 16.5. The van der Waals surface area contributed by atoms with Crippen LogP contribution in [0.5, 0.6) is 0 Å². The molecule has 0 aromatic carbocycles. The summed E-state index contributed by atoms with van der Waals surface area (Å²) in [6, 6.07) is 0. The number of carbonyl (C=O) groups is 1. The maximum absolute atomic E-state index is 11.9. The molecule has 0 amide bonds. The predicted molar refractivity (Wildman–Crippen MR) is 133 cm³/mol. The number of ether oxygens (including phenoxy) is 1. The van der Waals surface area contributed by atoms with Crippen LogP contribution in [0.4, 0.5) is 0 Å². The first-order chi connectivity index (χ1) is 15.8. The minimum atomic E-state index is -1.34. The first-order valence-corrected chi connectivity index (χ1v) is 13.8. The van der Waals surface area contributed by atoms with E-state index in [4.69, 9.17) is 4.74 Å². The third kappa shape index (κ3) is 4.08. The van der Waals surface area contributed by atoms with Gasteiger partial charge in [-0.25, -0.2) is 0 Å². The number of allylic oxidation sites excluding steroid dienone is 2. The molecule has 0 bridgehead atoms. The molecule has 194 valence electrons. The number of hydrogen-bond donors (Lipinski definition) is 3. The van der Waals surface area contributed by atoms with E-state index in [0.717, 1.165) is 25.7 Å². The SMILES string of the molecule is CC(=O)O[C@H]1CC[C@]2(C)[C@@H]3[C@@H](C[C@@H](O)[C@@]2(O)C1)[C@@H]1CC[C@H]([C@H](C)/C=C/CC(C)C)[C@@]1(C)C[C@H]3O. The van der Waals surface area contributed by atoms with Gasteiger partial charge in [0.15, 0.2) is 0 Å². The minimum absolute atomic E-state index is 0.0391. The highest BCUT2D eigenvalue weighted by molar-refractivity contribution is 5.66. The molecule has 0 spiro atoms. The molecule has 0 heterocycles. The van der Waals surface area contributed by atoms with E-state index in [1.165, 1.54) is 6.92 Å². The van der Waals surface area contributed by atoms with Gasteiger partial charge in [0.2, 0.25) is 0 Å². The summed E-state index contributed by atoms with van der Waals surface area (Å²) in [5.74, 6) is 1.93. The third-order valence-corrected chi connectivity index (χ3v) is 10.8. The van der Waals surface area contributed by atoms with E-state index in [1.807, 2.05) is 0 Å². The van der Waals surface area contributed by atoms with Crippen LogP contribution in [0.2, 0.25) is 0 Å². The molecule has 3 N–H and O–H groups in total. The Morgan fingerprint density at radius 2 is 1.82 bits per heavy atom. The smallest absolute Gasteiger partial charge is 0.302 e. The molecule has 4 aliphatic rings. The van der Waals surface area contributed by atoms with Crippen molar-refractivity contribution in [2.24, 2.45) is 46.3 Å². The van der Waals surface area contributed by atoms with Gasteiger partial charge in [0.05, 0.1) is 17.8 Å². The van der Waals surface area contributed by atoms with Crippen molar-refractivity contribution >= 4 is 5.97 Å². The topological polar surface area (TPSA) is 87.0 Å². The van der Waals surface area contributed by atoms with Crippen molar-refractivity contribution in [1.82, 2.24) is 0 Å². The van der Waals surface area contributed by atoms with Gasteiger partial charge in [-0.15, -0.1) is 0 Å². The number of carbonyl (C=O) groups excluding carboxylic acids is 1. The molecule has 5 heteroatoms. The standard InChI is InChI=1S/C29H48O5/c1-17(2)8-7-9-18(3)22-10-11-23-21-14-25(32)29(33)15-20(34-19(4)30)12-13-28(29,6)26(21)24(31)16-27(22,23)5/h7,9,17-18,20-26,31-33H,8,10-16H2,1-6H3/b9-7+/t18-,20+,21+,22-,23+,24-,25-,26-,27-,28-,29+/m1/s1. The van der Waals surface area contributed by atoms with Crippen LogP contribution < -0.4 is 0 Å². The molecular weight excluding hydrogens is 428 g/mol. The average Bonchev–Trinajstić information content (AvgIpc) is 3.06. The Hall–Kier alpha value is -0.910. The van der Waals surface area contributed by atoms with E-state index in [1.54, 1.807) is 0 Å². The van der Waals surface area contributed by atoms with E-state index < -0.39 is 23.2 Å². The average molecular weight is 477 g/mol. The van der Waals surface area contributed by atoms with Gasteiger partial charge >= 0.3 is 5.97 Å². The molecule has 34 heavy (non-hydrogen) atoms. The summed E-state index contributed by atoms with van der Waals surface area (Å²) in [5.41, 5.74) is -1.89. The third-order valence-electron chi connectivity index (χ3n) is 10.8. The van der Waals surface area contributed by atoms with Crippen LogP contribution in [-0.4, -0.2) is 45.2 Å². The fourth-order valence-electron chi connectivity index (χ4n) is 9.30. The number of aliphatic hydroxyl groups excluding tert-OH is 2. The molecular formula is C29H48O5. The Morgan fingerprint density at radius 3 is 2.47 bits per heavy atom. The molecule has 0 saturated heterocycles. The van der Waals surface area contributed by atoms with Gasteiger partial charge in [-0.2, -0.15) is 0 Å². The Balaban J connectivity index is 1.59. The summed E-state index contributed by atoms with van der Waals surface area (Å²) in [7, 11) is 0. The molecule has 4 fully saturated rings. The fourth-order valence-corrected chi connectivity index (χ4v) is 9.30. The monoisotopic (exact) mass is 476 g/mol. The number of rotatable bonds is 5. The van der Waals surface area contributed by atoms with Gasteiger partial charge < -0.3 is 20.1 Å². The summed E-state index contributed by atoms with van der Waals surface area (Å²) >= 11 is 0. The van der Waals surface area contributed by atoms with Crippen molar-refractivity contribution in [3.63, 3.8) is 0 Å². The van der Waals surface area contributed by atoms with Crippen LogP contribution in [-0.2, 0) is 9.53 Å². The van der Waals surface area contributed by atoms with Crippen LogP contribution in [0, 0.1) is 46.3 Å². The molecule has 4 rings (SSSR count). The number of hydrogen-bond acceptors (Lipinski definition) is 5. The molecule has 4 saturated carbocycles. The Kier molecular flexibility index (Phi) is 7.07. The van der Waals surface area contributed by atoms with Gasteiger partial charge in [0.1, 0.15) is 6.10 Å². The zero-order valence-electron chi connectivity index (χ0n) is 22.2. The molecule has 0 aromatic rings. The molecule has 0 aromatic heterocycles. The lowest BCUT2D eigenvalue weighted by Gasteiger charge is -2.66. The Bertz CT molecular complexity index is 793.